The second-order valence-corrected chi connectivity index (χ2v) is 10.2. The van der Waals surface area contributed by atoms with E-state index in [1.165, 1.54) is 14.6 Å². The van der Waals surface area contributed by atoms with Gasteiger partial charge in [-0.15, -0.1) is 11.6 Å². The number of benzene rings is 2. The smallest absolute Gasteiger partial charge is 0.407 e. The summed E-state index contributed by atoms with van der Waals surface area (Å²) in [5.41, 5.74) is 1.86. The van der Waals surface area contributed by atoms with Gasteiger partial charge >= 0.3 is 16.7 Å². The number of nitrogens with one attached hydrogen (secondary N) is 1. The van der Waals surface area contributed by atoms with Crippen molar-refractivity contribution in [3.8, 4) is 5.75 Å². The highest BCUT2D eigenvalue weighted by atomic mass is 35.5. The van der Waals surface area contributed by atoms with Gasteiger partial charge < -0.3 is 15.2 Å². The summed E-state index contributed by atoms with van der Waals surface area (Å²) >= 11 is 18.6. The number of aromatic hydroxyl groups is 1. The van der Waals surface area contributed by atoms with Gasteiger partial charge in [0.2, 0.25) is 0 Å². The van der Waals surface area contributed by atoms with Crippen LogP contribution >= 0.6 is 46.3 Å². The van der Waals surface area contributed by atoms with Gasteiger partial charge in [-0.05, 0) is 35.7 Å². The summed E-state index contributed by atoms with van der Waals surface area (Å²) in [6.45, 7) is 0.655. The predicted molar refractivity (Wildman–Crippen MR) is 144 cm³/mol. The van der Waals surface area contributed by atoms with E-state index in [9.17, 15) is 19.5 Å². The molecular formula is C24H21Cl3N4O5S. The van der Waals surface area contributed by atoms with Crippen molar-refractivity contribution < 1.29 is 14.6 Å². The van der Waals surface area contributed by atoms with Crippen LogP contribution in [0.2, 0.25) is 10.0 Å². The topological polar surface area (TPSA) is 115 Å². The van der Waals surface area contributed by atoms with Gasteiger partial charge in [0.25, 0.3) is 0 Å². The number of amides is 1. The zero-order chi connectivity index (χ0) is 26.5. The van der Waals surface area contributed by atoms with Crippen molar-refractivity contribution in [3.05, 3.63) is 89.5 Å². The standard InChI is InChI=1S/C24H21Cl3N4O5S/c25-8-1-9-31-23(34)30(24(35)37-31)12-15-4-2-14(3-5-15)11-28-22(33)36-13-16-6-7-17-18(26)10-19(27)21(32)20(17)29-16/h2-7,10,32H,1,8-9,11-13H2,(H,28,33). The van der Waals surface area contributed by atoms with Crippen molar-refractivity contribution in [3.63, 3.8) is 0 Å². The Bertz CT molecular complexity index is 1550. The SMILES string of the molecule is O=C(NCc1ccc(Cn2c(=O)sn(CCCCl)c2=O)cc1)OCc1ccc2c(Cl)cc(Cl)c(O)c2n1. The quantitative estimate of drug-likeness (QED) is 0.275. The molecule has 4 rings (SSSR count). The first kappa shape index (κ1) is 27.0. The highest BCUT2D eigenvalue weighted by Crippen LogP contribution is 2.36. The largest absolute Gasteiger partial charge is 0.504 e. The number of pyridine rings is 1. The van der Waals surface area contributed by atoms with Crippen LogP contribution in [-0.2, 0) is 31.0 Å². The fourth-order valence-corrected chi connectivity index (χ4v) is 4.97. The Morgan fingerprint density at radius 1 is 1.08 bits per heavy atom. The molecular weight excluding hydrogens is 563 g/mol. The van der Waals surface area contributed by atoms with Crippen molar-refractivity contribution in [2.24, 2.45) is 0 Å². The first-order valence-corrected chi connectivity index (χ1v) is 13.1. The number of aromatic nitrogens is 3. The highest BCUT2D eigenvalue weighted by Gasteiger charge is 2.13. The van der Waals surface area contributed by atoms with E-state index in [2.05, 4.69) is 10.3 Å². The minimum Gasteiger partial charge on any atom is -0.504 e. The van der Waals surface area contributed by atoms with E-state index >= 15 is 0 Å². The second kappa shape index (κ2) is 12.0. The van der Waals surface area contributed by atoms with Gasteiger partial charge in [-0.3, -0.25) is 4.79 Å². The summed E-state index contributed by atoms with van der Waals surface area (Å²) < 4.78 is 7.81. The van der Waals surface area contributed by atoms with Crippen LogP contribution in [0.4, 0.5) is 4.79 Å². The number of halogens is 3. The van der Waals surface area contributed by atoms with Crippen molar-refractivity contribution >= 4 is 63.3 Å². The van der Waals surface area contributed by atoms with Gasteiger partial charge in [0.1, 0.15) is 12.1 Å². The lowest BCUT2D eigenvalue weighted by Gasteiger charge is -2.09. The fraction of sp³-hybridized carbons (Fsp3) is 0.250. The average molecular weight is 584 g/mol. The molecule has 9 nitrogen and oxygen atoms in total. The van der Waals surface area contributed by atoms with Crippen molar-refractivity contribution in [1.29, 1.82) is 0 Å². The molecule has 0 spiro atoms. The Hall–Kier alpha value is -3.05. The average Bonchev–Trinajstić information content (AvgIpc) is 3.16. The van der Waals surface area contributed by atoms with E-state index in [0.717, 1.165) is 22.7 Å². The zero-order valence-corrected chi connectivity index (χ0v) is 22.3. The Morgan fingerprint density at radius 3 is 2.54 bits per heavy atom. The van der Waals surface area contributed by atoms with Crippen LogP contribution in [0.5, 0.6) is 5.75 Å². The summed E-state index contributed by atoms with van der Waals surface area (Å²) in [5.74, 6) is 0.216. The molecule has 37 heavy (non-hydrogen) atoms. The van der Waals surface area contributed by atoms with E-state index in [1.807, 2.05) is 0 Å². The lowest BCUT2D eigenvalue weighted by atomic mass is 10.1. The fourth-order valence-electron chi connectivity index (χ4n) is 3.51. The Kier molecular flexibility index (Phi) is 8.75. The summed E-state index contributed by atoms with van der Waals surface area (Å²) in [6.07, 6.45) is -0.0425. The highest BCUT2D eigenvalue weighted by molar-refractivity contribution is 7.03. The summed E-state index contributed by atoms with van der Waals surface area (Å²) in [5, 5.41) is 13.8. The van der Waals surface area contributed by atoms with E-state index in [0.29, 0.717) is 34.9 Å². The number of alkyl carbamates (subject to hydrolysis) is 1. The van der Waals surface area contributed by atoms with E-state index < -0.39 is 6.09 Å². The third kappa shape index (κ3) is 6.45. The van der Waals surface area contributed by atoms with Gasteiger partial charge in [0, 0.05) is 35.9 Å². The van der Waals surface area contributed by atoms with Crippen molar-refractivity contribution in [2.75, 3.05) is 5.88 Å². The van der Waals surface area contributed by atoms with Gasteiger partial charge in [0.05, 0.1) is 22.3 Å². The molecule has 0 atom stereocenters. The minimum absolute atomic E-state index is 0.0774. The third-order valence-corrected chi connectivity index (χ3v) is 7.22. The monoisotopic (exact) mass is 582 g/mol. The number of aryl methyl sites for hydroxylation is 1. The number of fused-ring (bicyclic) bond motifs is 1. The molecule has 0 unspecified atom stereocenters. The summed E-state index contributed by atoms with van der Waals surface area (Å²) in [6, 6.07) is 11.9. The molecule has 0 fully saturated rings. The maximum absolute atomic E-state index is 12.4. The molecule has 0 radical (unpaired) electrons. The van der Waals surface area contributed by atoms with Gasteiger partial charge in [-0.2, -0.15) is 0 Å². The van der Waals surface area contributed by atoms with Crippen LogP contribution in [0.15, 0.2) is 52.1 Å². The Balaban J connectivity index is 1.31. The molecule has 0 aliphatic carbocycles. The molecule has 2 aromatic carbocycles. The molecule has 0 aliphatic rings. The molecule has 0 saturated carbocycles. The Morgan fingerprint density at radius 2 is 1.81 bits per heavy atom. The summed E-state index contributed by atoms with van der Waals surface area (Å²) in [7, 11) is 0. The van der Waals surface area contributed by atoms with E-state index in [4.69, 9.17) is 39.5 Å². The molecule has 2 aromatic heterocycles. The lowest BCUT2D eigenvalue weighted by molar-refractivity contribution is 0.138. The molecule has 0 aliphatic heterocycles. The number of hydrogen-bond acceptors (Lipinski definition) is 7. The number of alkyl halides is 1. The van der Waals surface area contributed by atoms with Crippen LogP contribution in [0.1, 0.15) is 23.2 Å². The zero-order valence-electron chi connectivity index (χ0n) is 19.2. The number of phenols is 1. The molecule has 4 aromatic rings. The number of rotatable bonds is 9. The maximum atomic E-state index is 12.4. The van der Waals surface area contributed by atoms with Gasteiger partial charge in [-0.1, -0.05) is 47.5 Å². The molecule has 0 bridgehead atoms. The molecule has 13 heteroatoms. The minimum atomic E-state index is -0.651. The van der Waals surface area contributed by atoms with Crippen LogP contribution in [0, 0.1) is 0 Å². The first-order chi connectivity index (χ1) is 17.8. The number of phenolic OH excluding ortho intramolecular Hbond substituents is 1. The second-order valence-electron chi connectivity index (χ2n) is 8.00. The van der Waals surface area contributed by atoms with Crippen molar-refractivity contribution in [1.82, 2.24) is 18.8 Å². The van der Waals surface area contributed by atoms with E-state index in [1.54, 1.807) is 36.4 Å². The van der Waals surface area contributed by atoms with Crippen LogP contribution in [0.3, 0.4) is 0 Å². The van der Waals surface area contributed by atoms with Crippen molar-refractivity contribution in [2.45, 2.75) is 32.7 Å². The predicted octanol–water partition coefficient (Wildman–Crippen LogP) is 4.74. The number of carbonyl (C=O) groups is 1. The van der Waals surface area contributed by atoms with Crippen LogP contribution in [-0.4, -0.2) is 30.6 Å². The number of nitrogens with zero attached hydrogens (tertiary/aromatic N) is 3. The number of hydrogen-bond donors (Lipinski definition) is 2. The van der Waals surface area contributed by atoms with Gasteiger partial charge in [0.15, 0.2) is 5.75 Å². The first-order valence-electron chi connectivity index (χ1n) is 11.1. The van der Waals surface area contributed by atoms with Crippen LogP contribution < -0.4 is 15.9 Å². The number of ether oxygens (including phenoxy) is 1. The van der Waals surface area contributed by atoms with Gasteiger partial charge in [-0.25, -0.2) is 23.1 Å². The summed E-state index contributed by atoms with van der Waals surface area (Å²) in [4.78, 5) is 40.7. The number of carbonyl (C=O) groups excluding carboxylic acids is 1. The maximum Gasteiger partial charge on any atom is 0.407 e. The lowest BCUT2D eigenvalue weighted by Crippen LogP contribution is -2.29. The molecule has 2 heterocycles. The normalized spacial score (nSPS) is 11.1. The molecule has 2 N–H and O–H groups in total. The van der Waals surface area contributed by atoms with Crippen LogP contribution in [0.25, 0.3) is 10.9 Å². The third-order valence-electron chi connectivity index (χ3n) is 5.41. The molecule has 1 amide bonds. The Labute approximate surface area is 229 Å². The molecule has 194 valence electrons. The van der Waals surface area contributed by atoms with E-state index in [-0.39, 0.29) is 46.5 Å². The molecule has 0 saturated heterocycles.